The highest BCUT2D eigenvalue weighted by atomic mass is 35.5. The molecule has 198 valence electrons. The maximum atomic E-state index is 13.8. The van der Waals surface area contributed by atoms with E-state index in [0.29, 0.717) is 41.3 Å². The highest BCUT2D eigenvalue weighted by Gasteiger charge is 2.55. The maximum Gasteiger partial charge on any atom is 0.417 e. The number of carbonyl (C=O) groups excluding carboxylic acids is 2. The zero-order valence-corrected chi connectivity index (χ0v) is 21.1. The average Bonchev–Trinajstić information content (AvgIpc) is 3.60. The molecule has 1 fully saturated rings. The summed E-state index contributed by atoms with van der Waals surface area (Å²) in [6.07, 6.45) is -0.861. The molecule has 2 aromatic heterocycles. The van der Waals surface area contributed by atoms with Crippen molar-refractivity contribution in [2.45, 2.75) is 50.4 Å². The van der Waals surface area contributed by atoms with Gasteiger partial charge in [0, 0.05) is 42.9 Å². The van der Waals surface area contributed by atoms with Crippen LogP contribution in [0.15, 0.2) is 47.7 Å². The molecule has 8 nitrogen and oxygen atoms in total. The van der Waals surface area contributed by atoms with Crippen LogP contribution in [0.5, 0.6) is 0 Å². The fourth-order valence-electron chi connectivity index (χ4n) is 4.53. The van der Waals surface area contributed by atoms with Crippen LogP contribution in [-0.4, -0.2) is 44.9 Å². The standard InChI is InChI=1S/C26H22ClF3N4O4/c1-14-13-32-23-18(8-9-19(35)38-25(10-11-25)24(36)37-2)33-21(17-5-3-4-12-31-17)15-6-7-16(26(28,29)30)20(27)22(15)34(14)23/h3-7,12-13,18H,8-11H2,1-2H3/t18-/m0/s1. The van der Waals surface area contributed by atoms with Crippen molar-refractivity contribution in [3.8, 4) is 5.69 Å². The lowest BCUT2D eigenvalue weighted by Gasteiger charge is -2.19. The van der Waals surface area contributed by atoms with E-state index in [9.17, 15) is 22.8 Å². The number of halogens is 4. The topological polar surface area (TPSA) is 95.7 Å². The summed E-state index contributed by atoms with van der Waals surface area (Å²) in [5, 5.41) is -0.491. The summed E-state index contributed by atoms with van der Waals surface area (Å²) in [5.74, 6) is -0.901. The van der Waals surface area contributed by atoms with Crippen LogP contribution in [0.25, 0.3) is 5.69 Å². The van der Waals surface area contributed by atoms with Gasteiger partial charge in [-0.25, -0.2) is 9.78 Å². The second-order valence-electron chi connectivity index (χ2n) is 9.12. The van der Waals surface area contributed by atoms with E-state index >= 15 is 0 Å². The van der Waals surface area contributed by atoms with Gasteiger partial charge in [-0.2, -0.15) is 13.2 Å². The number of benzene rings is 1. The Morgan fingerprint density at radius 2 is 1.95 bits per heavy atom. The predicted molar refractivity (Wildman–Crippen MR) is 130 cm³/mol. The number of aromatic nitrogens is 3. The molecule has 2 aliphatic rings. The molecule has 1 saturated carbocycles. The first-order valence-corrected chi connectivity index (χ1v) is 12.2. The van der Waals surface area contributed by atoms with Gasteiger partial charge in [0.1, 0.15) is 11.9 Å². The van der Waals surface area contributed by atoms with E-state index < -0.39 is 40.3 Å². The third kappa shape index (κ3) is 4.55. The third-order valence-electron chi connectivity index (χ3n) is 6.55. The molecule has 3 aromatic rings. The number of aliphatic imine (C=N–C) groups is 1. The first-order valence-electron chi connectivity index (χ1n) is 11.8. The van der Waals surface area contributed by atoms with Crippen molar-refractivity contribution in [2.24, 2.45) is 4.99 Å². The minimum absolute atomic E-state index is 0.0867. The number of hydrogen-bond acceptors (Lipinski definition) is 7. The molecule has 1 atom stereocenters. The molecule has 3 heterocycles. The maximum absolute atomic E-state index is 13.8. The number of methoxy groups -OCH3 is 1. The molecule has 5 rings (SSSR count). The number of pyridine rings is 1. The molecule has 0 N–H and O–H groups in total. The van der Waals surface area contributed by atoms with Crippen LogP contribution in [0.4, 0.5) is 13.2 Å². The summed E-state index contributed by atoms with van der Waals surface area (Å²) in [7, 11) is 1.23. The zero-order chi connectivity index (χ0) is 27.2. The Hall–Kier alpha value is -3.73. The highest BCUT2D eigenvalue weighted by Crippen LogP contribution is 2.44. The largest absolute Gasteiger partial charge is 0.466 e. The molecule has 0 radical (unpaired) electrons. The lowest BCUT2D eigenvalue weighted by molar-refractivity contribution is -0.169. The van der Waals surface area contributed by atoms with E-state index in [1.54, 1.807) is 35.9 Å². The predicted octanol–water partition coefficient (Wildman–Crippen LogP) is 5.17. The molecule has 0 saturated heterocycles. The van der Waals surface area contributed by atoms with Crippen LogP contribution in [0.3, 0.4) is 0 Å². The molecular formula is C26H22ClF3N4O4. The normalized spacial score (nSPS) is 17.5. The summed E-state index contributed by atoms with van der Waals surface area (Å²) in [6.45, 7) is 1.70. The number of nitrogens with zero attached hydrogens (tertiary/aromatic N) is 4. The smallest absolute Gasteiger partial charge is 0.417 e. The highest BCUT2D eigenvalue weighted by molar-refractivity contribution is 6.34. The Morgan fingerprint density at radius 1 is 1.18 bits per heavy atom. The van der Waals surface area contributed by atoms with E-state index in [1.165, 1.54) is 19.4 Å². The van der Waals surface area contributed by atoms with E-state index in [4.69, 9.17) is 26.1 Å². The number of aryl methyl sites for hydroxylation is 1. The first-order chi connectivity index (χ1) is 18.1. The van der Waals surface area contributed by atoms with Gasteiger partial charge in [0.15, 0.2) is 0 Å². The molecular weight excluding hydrogens is 525 g/mol. The van der Waals surface area contributed by atoms with Gasteiger partial charge in [-0.3, -0.25) is 19.3 Å². The van der Waals surface area contributed by atoms with Crippen molar-refractivity contribution in [3.63, 3.8) is 0 Å². The van der Waals surface area contributed by atoms with Crippen LogP contribution in [0.2, 0.25) is 5.02 Å². The summed E-state index contributed by atoms with van der Waals surface area (Å²) < 4.78 is 53.1. The van der Waals surface area contributed by atoms with Crippen molar-refractivity contribution >= 4 is 29.3 Å². The molecule has 0 bridgehead atoms. The molecule has 1 aromatic carbocycles. The number of imidazole rings is 1. The van der Waals surface area contributed by atoms with Gasteiger partial charge >= 0.3 is 18.1 Å². The van der Waals surface area contributed by atoms with Crippen LogP contribution < -0.4 is 0 Å². The average molecular weight is 547 g/mol. The lowest BCUT2D eigenvalue weighted by Crippen LogP contribution is -2.30. The summed E-state index contributed by atoms with van der Waals surface area (Å²) in [5.41, 5.74) is -0.534. The Morgan fingerprint density at radius 3 is 2.58 bits per heavy atom. The third-order valence-corrected chi connectivity index (χ3v) is 6.93. The fraction of sp³-hybridized carbons (Fsp3) is 0.346. The van der Waals surface area contributed by atoms with Crippen molar-refractivity contribution < 1.29 is 32.2 Å². The Kier molecular flexibility index (Phi) is 6.50. The SMILES string of the molecule is COC(=O)C1(OC(=O)CC[C@@H]2N=C(c3ccccn3)c3ccc(C(F)(F)F)c(Cl)c3-n3c(C)cnc32)CC1. The van der Waals surface area contributed by atoms with Gasteiger partial charge in [0.05, 0.1) is 34.8 Å². The number of alkyl halides is 3. The van der Waals surface area contributed by atoms with Crippen molar-refractivity contribution in [1.82, 2.24) is 14.5 Å². The molecule has 12 heteroatoms. The number of ether oxygens (including phenoxy) is 2. The van der Waals surface area contributed by atoms with Crippen molar-refractivity contribution in [3.05, 3.63) is 76.1 Å². The number of fused-ring (bicyclic) bond motifs is 3. The summed E-state index contributed by atoms with van der Waals surface area (Å²) in [4.78, 5) is 38.3. The Balaban J connectivity index is 1.58. The van der Waals surface area contributed by atoms with Crippen LogP contribution >= 0.6 is 11.6 Å². The molecule has 0 unspecified atom stereocenters. The number of carbonyl (C=O) groups is 2. The van der Waals surface area contributed by atoms with E-state index in [-0.39, 0.29) is 18.5 Å². The van der Waals surface area contributed by atoms with Gasteiger partial charge in [-0.05, 0) is 37.6 Å². The van der Waals surface area contributed by atoms with Gasteiger partial charge < -0.3 is 9.47 Å². The first kappa shape index (κ1) is 25.9. The monoisotopic (exact) mass is 546 g/mol. The van der Waals surface area contributed by atoms with E-state index in [0.717, 1.165) is 6.07 Å². The Bertz CT molecular complexity index is 1450. The van der Waals surface area contributed by atoms with E-state index in [2.05, 4.69) is 9.97 Å². The Labute approximate surface area is 220 Å². The summed E-state index contributed by atoms with van der Waals surface area (Å²) in [6, 6.07) is 6.63. The van der Waals surface area contributed by atoms with Gasteiger partial charge in [-0.15, -0.1) is 0 Å². The van der Waals surface area contributed by atoms with Crippen LogP contribution in [0, 0.1) is 6.92 Å². The number of rotatable bonds is 6. The second kappa shape index (κ2) is 9.54. The van der Waals surface area contributed by atoms with Gasteiger partial charge in [0.2, 0.25) is 5.60 Å². The number of esters is 2. The number of hydrogen-bond donors (Lipinski definition) is 0. The molecule has 1 aliphatic carbocycles. The zero-order valence-electron chi connectivity index (χ0n) is 20.4. The quantitative estimate of drug-likeness (QED) is 0.396. The van der Waals surface area contributed by atoms with Gasteiger partial charge in [0.25, 0.3) is 0 Å². The minimum atomic E-state index is -4.68. The van der Waals surface area contributed by atoms with Crippen molar-refractivity contribution in [1.29, 1.82) is 0 Å². The molecule has 38 heavy (non-hydrogen) atoms. The van der Waals surface area contributed by atoms with Crippen molar-refractivity contribution in [2.75, 3.05) is 7.11 Å². The summed E-state index contributed by atoms with van der Waals surface area (Å²) >= 11 is 6.43. The molecule has 1 aliphatic heterocycles. The fourth-order valence-corrected chi connectivity index (χ4v) is 4.89. The minimum Gasteiger partial charge on any atom is -0.466 e. The lowest BCUT2D eigenvalue weighted by atomic mass is 10.0. The molecule has 0 amide bonds. The van der Waals surface area contributed by atoms with Crippen LogP contribution in [0.1, 0.15) is 60.1 Å². The van der Waals surface area contributed by atoms with Gasteiger partial charge in [-0.1, -0.05) is 17.7 Å². The molecule has 0 spiro atoms. The second-order valence-corrected chi connectivity index (χ2v) is 9.50. The van der Waals surface area contributed by atoms with E-state index in [1.807, 2.05) is 0 Å². The van der Waals surface area contributed by atoms with Crippen LogP contribution in [-0.2, 0) is 25.2 Å².